The molecule has 2 amide bonds. The number of nitrogens with zero attached hydrogens (tertiary/aromatic N) is 2. The molecule has 2 heterocycles. The highest BCUT2D eigenvalue weighted by Crippen LogP contribution is 2.29. The van der Waals surface area contributed by atoms with E-state index in [0.29, 0.717) is 16.5 Å². The summed E-state index contributed by atoms with van der Waals surface area (Å²) in [6.45, 7) is 0. The molecule has 2 aromatic heterocycles. The van der Waals surface area contributed by atoms with Crippen LogP contribution in [0.2, 0.25) is 0 Å². The summed E-state index contributed by atoms with van der Waals surface area (Å²) in [7, 11) is 0. The average molecular weight is 440 g/mol. The minimum atomic E-state index is -0.710. The van der Waals surface area contributed by atoms with E-state index in [9.17, 15) is 19.7 Å². The number of anilines is 2. The van der Waals surface area contributed by atoms with Crippen LogP contribution in [0.5, 0.6) is 0 Å². The number of carbonyl (C=O) groups excluding carboxylic acids is 2. The van der Waals surface area contributed by atoms with Crippen molar-refractivity contribution in [2.45, 2.75) is 32.1 Å². The van der Waals surface area contributed by atoms with Crippen LogP contribution in [0, 0.1) is 16.0 Å². The van der Waals surface area contributed by atoms with E-state index in [1.807, 2.05) is 24.3 Å². The zero-order valence-corrected chi connectivity index (χ0v) is 17.3. The van der Waals surface area contributed by atoms with E-state index >= 15 is 0 Å². The maximum absolute atomic E-state index is 12.5. The van der Waals surface area contributed by atoms with Crippen LogP contribution in [0.1, 0.15) is 42.7 Å². The second-order valence-corrected chi connectivity index (χ2v) is 8.15. The molecule has 1 fully saturated rings. The Morgan fingerprint density at radius 2 is 1.94 bits per heavy atom. The van der Waals surface area contributed by atoms with Crippen LogP contribution >= 0.6 is 11.3 Å². The molecular formula is C21H20N4O5S. The van der Waals surface area contributed by atoms with E-state index in [1.54, 1.807) is 5.38 Å². The summed E-state index contributed by atoms with van der Waals surface area (Å²) in [5.41, 5.74) is 2.14. The molecule has 0 bridgehead atoms. The molecule has 10 heteroatoms. The van der Waals surface area contributed by atoms with Gasteiger partial charge in [-0.1, -0.05) is 31.4 Å². The number of furan rings is 1. The Kier molecular flexibility index (Phi) is 6.08. The van der Waals surface area contributed by atoms with E-state index in [4.69, 9.17) is 4.42 Å². The number of rotatable bonds is 6. The van der Waals surface area contributed by atoms with Gasteiger partial charge in [0.1, 0.15) is 4.92 Å². The number of nitrogens with one attached hydrogen (secondary N) is 2. The number of aromatic nitrogens is 1. The highest BCUT2D eigenvalue weighted by molar-refractivity contribution is 7.14. The number of nitro groups is 1. The lowest BCUT2D eigenvalue weighted by molar-refractivity contribution is -0.402. The highest BCUT2D eigenvalue weighted by atomic mass is 32.1. The van der Waals surface area contributed by atoms with Gasteiger partial charge in [0.2, 0.25) is 5.91 Å². The van der Waals surface area contributed by atoms with Gasteiger partial charge in [-0.25, -0.2) is 4.98 Å². The zero-order valence-electron chi connectivity index (χ0n) is 16.5. The van der Waals surface area contributed by atoms with Crippen LogP contribution in [0.4, 0.5) is 16.7 Å². The predicted octanol–water partition coefficient (Wildman–Crippen LogP) is 5.08. The Bertz CT molecular complexity index is 1120. The molecule has 0 atom stereocenters. The minimum Gasteiger partial charge on any atom is -0.395 e. The monoisotopic (exact) mass is 440 g/mol. The molecule has 1 saturated carbocycles. The average Bonchev–Trinajstić information content (AvgIpc) is 3.45. The van der Waals surface area contributed by atoms with Gasteiger partial charge in [0, 0.05) is 22.5 Å². The predicted molar refractivity (Wildman–Crippen MR) is 116 cm³/mol. The number of hydrogen-bond acceptors (Lipinski definition) is 7. The van der Waals surface area contributed by atoms with Gasteiger partial charge in [0.25, 0.3) is 5.91 Å². The summed E-state index contributed by atoms with van der Waals surface area (Å²) in [5.74, 6) is -1.18. The van der Waals surface area contributed by atoms with Crippen LogP contribution in [0.15, 0.2) is 46.2 Å². The second kappa shape index (κ2) is 9.09. The van der Waals surface area contributed by atoms with Gasteiger partial charge in [-0.05, 0) is 31.0 Å². The Labute approximate surface area is 181 Å². The normalized spacial score (nSPS) is 14.2. The van der Waals surface area contributed by atoms with E-state index < -0.39 is 16.7 Å². The van der Waals surface area contributed by atoms with Gasteiger partial charge in [0.05, 0.1) is 11.8 Å². The number of benzene rings is 1. The molecular weight excluding hydrogens is 420 g/mol. The molecule has 160 valence electrons. The summed E-state index contributed by atoms with van der Waals surface area (Å²) in [4.78, 5) is 39.1. The SMILES string of the molecule is O=C(Nc1nc(-c2cccc(NC(=O)C3CCCCC3)c2)cs1)c1ccc([N+](=O)[O-])o1. The van der Waals surface area contributed by atoms with E-state index in [0.717, 1.165) is 37.3 Å². The molecule has 4 rings (SSSR count). The minimum absolute atomic E-state index is 0.0515. The van der Waals surface area contributed by atoms with Crippen LogP contribution < -0.4 is 10.6 Å². The molecule has 1 aromatic carbocycles. The summed E-state index contributed by atoms with van der Waals surface area (Å²) >= 11 is 1.22. The fourth-order valence-electron chi connectivity index (χ4n) is 3.54. The Balaban J connectivity index is 1.42. The summed E-state index contributed by atoms with van der Waals surface area (Å²) in [6, 6.07) is 9.74. The Morgan fingerprint density at radius 1 is 1.13 bits per heavy atom. The maximum Gasteiger partial charge on any atom is 0.433 e. The molecule has 9 nitrogen and oxygen atoms in total. The summed E-state index contributed by atoms with van der Waals surface area (Å²) < 4.78 is 4.90. The van der Waals surface area contributed by atoms with Crippen molar-refractivity contribution in [1.82, 2.24) is 4.98 Å². The fourth-order valence-corrected chi connectivity index (χ4v) is 4.25. The number of amides is 2. The van der Waals surface area contributed by atoms with Crippen molar-refractivity contribution < 1.29 is 18.9 Å². The molecule has 3 aromatic rings. The smallest absolute Gasteiger partial charge is 0.395 e. The van der Waals surface area contributed by atoms with E-state index in [1.165, 1.54) is 23.8 Å². The molecule has 0 spiro atoms. The molecule has 2 N–H and O–H groups in total. The molecule has 0 radical (unpaired) electrons. The third-order valence-electron chi connectivity index (χ3n) is 5.12. The largest absolute Gasteiger partial charge is 0.433 e. The Hall–Kier alpha value is -3.53. The maximum atomic E-state index is 12.5. The van der Waals surface area contributed by atoms with Gasteiger partial charge in [-0.3, -0.25) is 25.0 Å². The van der Waals surface area contributed by atoms with Crippen molar-refractivity contribution in [2.75, 3.05) is 10.6 Å². The van der Waals surface area contributed by atoms with Crippen molar-refractivity contribution >= 4 is 39.9 Å². The molecule has 0 saturated heterocycles. The molecule has 0 aliphatic heterocycles. The molecule has 0 unspecified atom stereocenters. The van der Waals surface area contributed by atoms with Gasteiger partial charge in [-0.2, -0.15) is 0 Å². The lowest BCUT2D eigenvalue weighted by Gasteiger charge is -2.20. The molecule has 31 heavy (non-hydrogen) atoms. The van der Waals surface area contributed by atoms with Crippen LogP contribution in [-0.2, 0) is 4.79 Å². The second-order valence-electron chi connectivity index (χ2n) is 7.29. The first-order valence-corrected chi connectivity index (χ1v) is 10.8. The van der Waals surface area contributed by atoms with Gasteiger partial charge < -0.3 is 9.73 Å². The molecule has 1 aliphatic rings. The van der Waals surface area contributed by atoms with Crippen molar-refractivity contribution in [3.05, 3.63) is 57.7 Å². The summed E-state index contributed by atoms with van der Waals surface area (Å²) in [5, 5.41) is 18.4. The lowest BCUT2D eigenvalue weighted by Crippen LogP contribution is -2.24. The zero-order chi connectivity index (χ0) is 21.8. The first kappa shape index (κ1) is 20.7. The lowest BCUT2D eigenvalue weighted by atomic mass is 9.88. The van der Waals surface area contributed by atoms with Crippen LogP contribution in [-0.4, -0.2) is 21.7 Å². The number of thiazole rings is 1. The topological polar surface area (TPSA) is 127 Å². The summed E-state index contributed by atoms with van der Waals surface area (Å²) in [6.07, 6.45) is 5.24. The number of hydrogen-bond donors (Lipinski definition) is 2. The van der Waals surface area contributed by atoms with Gasteiger partial charge >= 0.3 is 5.88 Å². The van der Waals surface area contributed by atoms with Crippen LogP contribution in [0.3, 0.4) is 0 Å². The molecule has 1 aliphatic carbocycles. The highest BCUT2D eigenvalue weighted by Gasteiger charge is 2.21. The van der Waals surface area contributed by atoms with E-state index in [2.05, 4.69) is 15.6 Å². The fraction of sp³-hybridized carbons (Fsp3) is 0.286. The van der Waals surface area contributed by atoms with Crippen molar-refractivity contribution in [3.63, 3.8) is 0 Å². The van der Waals surface area contributed by atoms with Crippen molar-refractivity contribution in [2.24, 2.45) is 5.92 Å². The first-order chi connectivity index (χ1) is 15.0. The Morgan fingerprint density at radius 3 is 2.68 bits per heavy atom. The van der Waals surface area contributed by atoms with E-state index in [-0.39, 0.29) is 17.6 Å². The van der Waals surface area contributed by atoms with Crippen molar-refractivity contribution in [1.29, 1.82) is 0 Å². The standard InChI is InChI=1S/C21H20N4O5S/c26-19(13-5-2-1-3-6-13)22-15-8-4-7-14(11-15)16-12-31-21(23-16)24-20(27)17-9-10-18(30-17)25(28)29/h4,7-13H,1-3,5-6H2,(H,22,26)(H,23,24,27). The van der Waals surface area contributed by atoms with Gasteiger partial charge in [0.15, 0.2) is 10.9 Å². The third kappa shape index (κ3) is 4.97. The third-order valence-corrected chi connectivity index (χ3v) is 5.88. The van der Waals surface area contributed by atoms with Gasteiger partial charge in [-0.15, -0.1) is 11.3 Å². The van der Waals surface area contributed by atoms with Crippen LogP contribution in [0.25, 0.3) is 11.3 Å². The quantitative estimate of drug-likeness (QED) is 0.406. The first-order valence-electron chi connectivity index (χ1n) is 9.92. The number of carbonyl (C=O) groups is 2. The van der Waals surface area contributed by atoms with Crippen molar-refractivity contribution in [3.8, 4) is 11.3 Å².